The molecule has 0 amide bonds. The minimum atomic E-state index is 0.328. The van der Waals surface area contributed by atoms with Crippen molar-refractivity contribution in [3.63, 3.8) is 0 Å². The second kappa shape index (κ2) is 4.01. The maximum atomic E-state index is 9.59. The van der Waals surface area contributed by atoms with Crippen LogP contribution in [0.25, 0.3) is 11.1 Å². The molecule has 2 aromatic rings. The highest BCUT2D eigenvalue weighted by atomic mass is 16.3. The van der Waals surface area contributed by atoms with E-state index in [1.54, 1.807) is 12.1 Å². The molecular weight excluding hydrogens is 196 g/mol. The Kier molecular flexibility index (Phi) is 2.69. The lowest BCUT2D eigenvalue weighted by atomic mass is 9.99. The largest absolute Gasteiger partial charge is 0.508 e. The van der Waals surface area contributed by atoms with Gasteiger partial charge in [-0.05, 0) is 49.6 Å². The fraction of sp³-hybridized carbons (Fsp3) is 0.200. The maximum Gasteiger partial charge on any atom is 0.116 e. The SMILES string of the molecule is Cc1cc(C)cc(-c2cc(C)cc(O)c2)c1. The van der Waals surface area contributed by atoms with E-state index in [0.29, 0.717) is 5.75 Å². The van der Waals surface area contributed by atoms with Gasteiger partial charge >= 0.3 is 0 Å². The first-order valence-electron chi connectivity index (χ1n) is 5.44. The molecule has 1 nitrogen and oxygen atoms in total. The third-order valence-corrected chi connectivity index (χ3v) is 2.62. The van der Waals surface area contributed by atoms with E-state index in [4.69, 9.17) is 0 Å². The van der Waals surface area contributed by atoms with Crippen LogP contribution in [-0.2, 0) is 0 Å². The number of aryl methyl sites for hydroxylation is 3. The Bertz CT molecular complexity index is 437. The van der Waals surface area contributed by atoms with E-state index < -0.39 is 0 Å². The van der Waals surface area contributed by atoms with E-state index in [-0.39, 0.29) is 0 Å². The molecule has 2 aromatic carbocycles. The number of hydrogen-bond acceptors (Lipinski definition) is 1. The zero-order valence-corrected chi connectivity index (χ0v) is 9.91. The predicted molar refractivity (Wildman–Crippen MR) is 67.8 cm³/mol. The van der Waals surface area contributed by atoms with E-state index in [2.05, 4.69) is 38.1 Å². The zero-order chi connectivity index (χ0) is 11.7. The Labute approximate surface area is 96.4 Å². The molecule has 1 N–H and O–H groups in total. The zero-order valence-electron chi connectivity index (χ0n) is 9.91. The second-order valence-electron chi connectivity index (χ2n) is 4.43. The van der Waals surface area contributed by atoms with E-state index >= 15 is 0 Å². The third kappa shape index (κ3) is 2.25. The van der Waals surface area contributed by atoms with Crippen LogP contribution in [-0.4, -0.2) is 5.11 Å². The minimum absolute atomic E-state index is 0.328. The molecule has 82 valence electrons. The molecule has 0 saturated carbocycles. The van der Waals surface area contributed by atoms with E-state index in [9.17, 15) is 5.11 Å². The highest BCUT2D eigenvalue weighted by molar-refractivity contribution is 5.67. The molecule has 0 unspecified atom stereocenters. The van der Waals surface area contributed by atoms with Crippen molar-refractivity contribution >= 4 is 0 Å². The van der Waals surface area contributed by atoms with Crippen LogP contribution in [0.15, 0.2) is 36.4 Å². The van der Waals surface area contributed by atoms with E-state index in [0.717, 1.165) is 16.7 Å². The fourth-order valence-electron chi connectivity index (χ4n) is 2.07. The van der Waals surface area contributed by atoms with Gasteiger partial charge in [-0.3, -0.25) is 0 Å². The Morgan fingerprint density at radius 3 is 1.56 bits per heavy atom. The molecule has 2 rings (SSSR count). The molecule has 0 aromatic heterocycles. The van der Waals surface area contributed by atoms with Crippen molar-refractivity contribution in [3.8, 4) is 16.9 Å². The molecule has 0 fully saturated rings. The van der Waals surface area contributed by atoms with Crippen molar-refractivity contribution in [1.29, 1.82) is 0 Å². The summed E-state index contributed by atoms with van der Waals surface area (Å²) in [6.45, 7) is 6.17. The summed E-state index contributed by atoms with van der Waals surface area (Å²) in [7, 11) is 0. The molecule has 16 heavy (non-hydrogen) atoms. The number of aromatic hydroxyl groups is 1. The Hall–Kier alpha value is -1.76. The van der Waals surface area contributed by atoms with E-state index in [1.807, 2.05) is 6.92 Å². The highest BCUT2D eigenvalue weighted by Gasteiger charge is 2.02. The number of hydrogen-bond donors (Lipinski definition) is 1. The summed E-state index contributed by atoms with van der Waals surface area (Å²) in [6, 6.07) is 12.1. The lowest BCUT2D eigenvalue weighted by Gasteiger charge is -2.07. The molecule has 1 heteroatoms. The minimum Gasteiger partial charge on any atom is -0.508 e. The fourth-order valence-corrected chi connectivity index (χ4v) is 2.07. The average Bonchev–Trinajstić information content (AvgIpc) is 2.14. The first-order chi connectivity index (χ1) is 7.54. The number of rotatable bonds is 1. The monoisotopic (exact) mass is 212 g/mol. The van der Waals surface area contributed by atoms with Gasteiger partial charge in [0.25, 0.3) is 0 Å². The lowest BCUT2D eigenvalue weighted by molar-refractivity contribution is 0.475. The summed E-state index contributed by atoms with van der Waals surface area (Å²) in [4.78, 5) is 0. The number of phenolic OH excluding ortho intramolecular Hbond substituents is 1. The van der Waals surface area contributed by atoms with Crippen LogP contribution < -0.4 is 0 Å². The molecule has 0 aliphatic heterocycles. The quantitative estimate of drug-likeness (QED) is 0.758. The predicted octanol–water partition coefficient (Wildman–Crippen LogP) is 3.98. The molecule has 0 aliphatic carbocycles. The molecule has 0 aliphatic rings. The van der Waals surface area contributed by atoms with Crippen LogP contribution in [0.4, 0.5) is 0 Å². The molecular formula is C15H16O. The van der Waals surface area contributed by atoms with E-state index in [1.165, 1.54) is 11.1 Å². The highest BCUT2D eigenvalue weighted by Crippen LogP contribution is 2.26. The number of phenols is 1. The summed E-state index contributed by atoms with van der Waals surface area (Å²) in [5, 5.41) is 9.59. The Morgan fingerprint density at radius 1 is 0.625 bits per heavy atom. The summed E-state index contributed by atoms with van der Waals surface area (Å²) in [5.74, 6) is 0.328. The molecule has 0 bridgehead atoms. The van der Waals surface area contributed by atoms with Crippen LogP contribution in [0, 0.1) is 20.8 Å². The lowest BCUT2D eigenvalue weighted by Crippen LogP contribution is -1.84. The third-order valence-electron chi connectivity index (χ3n) is 2.62. The van der Waals surface area contributed by atoms with Gasteiger partial charge < -0.3 is 5.11 Å². The summed E-state index contributed by atoms with van der Waals surface area (Å²) >= 11 is 0. The standard InChI is InChI=1S/C15H16O/c1-10-4-11(2)6-13(5-10)14-7-12(3)8-15(16)9-14/h4-9,16H,1-3H3. The van der Waals surface area contributed by atoms with Crippen LogP contribution in [0.5, 0.6) is 5.75 Å². The van der Waals surface area contributed by atoms with Crippen LogP contribution in [0.2, 0.25) is 0 Å². The summed E-state index contributed by atoms with van der Waals surface area (Å²) in [6.07, 6.45) is 0. The first kappa shape index (κ1) is 10.7. The molecule has 0 radical (unpaired) electrons. The van der Waals surface area contributed by atoms with Gasteiger partial charge in [0, 0.05) is 0 Å². The van der Waals surface area contributed by atoms with Crippen LogP contribution in [0.3, 0.4) is 0 Å². The van der Waals surface area contributed by atoms with Crippen molar-refractivity contribution in [1.82, 2.24) is 0 Å². The van der Waals surface area contributed by atoms with Crippen molar-refractivity contribution < 1.29 is 5.11 Å². The van der Waals surface area contributed by atoms with Crippen molar-refractivity contribution in [2.45, 2.75) is 20.8 Å². The normalized spacial score (nSPS) is 10.4. The smallest absolute Gasteiger partial charge is 0.116 e. The number of benzene rings is 2. The summed E-state index contributed by atoms with van der Waals surface area (Å²) in [5.41, 5.74) is 5.81. The second-order valence-corrected chi connectivity index (χ2v) is 4.43. The molecule has 0 atom stereocenters. The van der Waals surface area contributed by atoms with Crippen molar-refractivity contribution in [2.24, 2.45) is 0 Å². The van der Waals surface area contributed by atoms with Crippen molar-refractivity contribution in [3.05, 3.63) is 53.1 Å². The van der Waals surface area contributed by atoms with Gasteiger partial charge in [-0.25, -0.2) is 0 Å². The van der Waals surface area contributed by atoms with Gasteiger partial charge in [-0.2, -0.15) is 0 Å². The van der Waals surface area contributed by atoms with Gasteiger partial charge in [0.1, 0.15) is 5.75 Å². The average molecular weight is 212 g/mol. The van der Waals surface area contributed by atoms with Gasteiger partial charge in [-0.1, -0.05) is 35.4 Å². The molecule has 0 heterocycles. The first-order valence-corrected chi connectivity index (χ1v) is 5.44. The van der Waals surface area contributed by atoms with Gasteiger partial charge in [0.05, 0.1) is 0 Å². The van der Waals surface area contributed by atoms with Gasteiger partial charge in [-0.15, -0.1) is 0 Å². The summed E-state index contributed by atoms with van der Waals surface area (Å²) < 4.78 is 0. The van der Waals surface area contributed by atoms with Crippen LogP contribution >= 0.6 is 0 Å². The van der Waals surface area contributed by atoms with Gasteiger partial charge in [0.15, 0.2) is 0 Å². The molecule has 0 saturated heterocycles. The van der Waals surface area contributed by atoms with Gasteiger partial charge in [0.2, 0.25) is 0 Å². The maximum absolute atomic E-state index is 9.59. The van der Waals surface area contributed by atoms with Crippen molar-refractivity contribution in [2.75, 3.05) is 0 Å². The Balaban J connectivity index is 2.57. The molecule has 0 spiro atoms. The topological polar surface area (TPSA) is 20.2 Å². The van der Waals surface area contributed by atoms with Crippen LogP contribution in [0.1, 0.15) is 16.7 Å². The Morgan fingerprint density at radius 2 is 1.06 bits per heavy atom.